The van der Waals surface area contributed by atoms with Crippen LogP contribution in [0.2, 0.25) is 0 Å². The number of thiophene rings is 1. The summed E-state index contributed by atoms with van der Waals surface area (Å²) in [7, 11) is 0. The average molecular weight is 372 g/mol. The monoisotopic (exact) mass is 371 g/mol. The van der Waals surface area contributed by atoms with Gasteiger partial charge in [-0.1, -0.05) is 18.2 Å². The van der Waals surface area contributed by atoms with Gasteiger partial charge >= 0.3 is 0 Å². The minimum atomic E-state index is 0.229. The molecule has 3 aromatic rings. The van der Waals surface area contributed by atoms with Crippen LogP contribution in [0, 0.1) is 5.92 Å². The van der Waals surface area contributed by atoms with E-state index in [0.717, 1.165) is 56.0 Å². The van der Waals surface area contributed by atoms with Crippen LogP contribution in [0.15, 0.2) is 46.2 Å². The van der Waals surface area contributed by atoms with Gasteiger partial charge in [0.15, 0.2) is 5.58 Å². The van der Waals surface area contributed by atoms with Crippen molar-refractivity contribution in [2.24, 2.45) is 5.92 Å². The normalized spacial score (nSPS) is 17.0. The first kappa shape index (κ1) is 17.5. The molecule has 4 rings (SSSR count). The first-order valence-corrected chi connectivity index (χ1v) is 10.2. The molecule has 0 amide bonds. The van der Waals surface area contributed by atoms with Crippen molar-refractivity contribution in [1.82, 2.24) is 10.3 Å². The Labute approximate surface area is 157 Å². The van der Waals surface area contributed by atoms with Crippen molar-refractivity contribution in [3.63, 3.8) is 0 Å². The first-order valence-electron chi connectivity index (χ1n) is 9.29. The van der Waals surface area contributed by atoms with Crippen molar-refractivity contribution in [1.29, 1.82) is 0 Å². The quantitative estimate of drug-likeness (QED) is 0.667. The van der Waals surface area contributed by atoms with Gasteiger partial charge < -0.3 is 19.7 Å². The molecule has 0 bridgehead atoms. The maximum atomic E-state index is 9.65. The molecule has 1 fully saturated rings. The van der Waals surface area contributed by atoms with E-state index in [1.54, 1.807) is 11.3 Å². The highest BCUT2D eigenvalue weighted by atomic mass is 32.1. The molecule has 2 aromatic heterocycles. The molecule has 1 aromatic carbocycles. The molecule has 0 spiro atoms. The van der Waals surface area contributed by atoms with Crippen LogP contribution in [0.3, 0.4) is 0 Å². The van der Waals surface area contributed by atoms with E-state index in [0.29, 0.717) is 6.04 Å². The van der Waals surface area contributed by atoms with Gasteiger partial charge in [0.05, 0.1) is 0 Å². The number of para-hydroxylation sites is 2. The lowest BCUT2D eigenvalue weighted by Crippen LogP contribution is -2.44. The van der Waals surface area contributed by atoms with Crippen LogP contribution in [0.4, 0.5) is 6.01 Å². The molecule has 26 heavy (non-hydrogen) atoms. The molecular formula is C20H25N3O2S. The fraction of sp³-hybridized carbons (Fsp3) is 0.450. The fourth-order valence-electron chi connectivity index (χ4n) is 3.52. The summed E-state index contributed by atoms with van der Waals surface area (Å²) in [6, 6.07) is 13.3. The number of nitrogens with zero attached hydrogens (tertiary/aromatic N) is 2. The molecule has 6 heteroatoms. The van der Waals surface area contributed by atoms with Crippen molar-refractivity contribution in [2.75, 3.05) is 31.1 Å². The van der Waals surface area contributed by atoms with Crippen molar-refractivity contribution in [3.8, 4) is 0 Å². The zero-order valence-electron chi connectivity index (χ0n) is 14.8. The zero-order chi connectivity index (χ0) is 17.8. The van der Waals surface area contributed by atoms with Gasteiger partial charge in [-0.15, -0.1) is 11.3 Å². The van der Waals surface area contributed by atoms with Gasteiger partial charge in [-0.2, -0.15) is 4.98 Å². The number of nitrogens with one attached hydrogen (secondary N) is 1. The van der Waals surface area contributed by atoms with Crippen molar-refractivity contribution in [2.45, 2.75) is 25.3 Å². The number of rotatable bonds is 7. The summed E-state index contributed by atoms with van der Waals surface area (Å²) in [6.07, 6.45) is 3.08. The van der Waals surface area contributed by atoms with Gasteiger partial charge in [-0.05, 0) is 48.8 Å². The van der Waals surface area contributed by atoms with E-state index >= 15 is 0 Å². The molecule has 0 saturated carbocycles. The van der Waals surface area contributed by atoms with Crippen LogP contribution in [0.1, 0.15) is 17.7 Å². The number of aliphatic hydroxyl groups excluding tert-OH is 1. The number of aliphatic hydroxyl groups is 1. The molecule has 0 aliphatic carbocycles. The number of anilines is 1. The van der Waals surface area contributed by atoms with Crippen molar-refractivity contribution in [3.05, 3.63) is 46.7 Å². The summed E-state index contributed by atoms with van der Waals surface area (Å²) in [5.41, 5.74) is 1.77. The largest absolute Gasteiger partial charge is 0.423 e. The summed E-state index contributed by atoms with van der Waals surface area (Å²) in [5.74, 6) is 0.281. The van der Waals surface area contributed by atoms with Gasteiger partial charge in [0, 0.05) is 37.2 Å². The third-order valence-corrected chi connectivity index (χ3v) is 5.97. The number of hydrogen-bond acceptors (Lipinski definition) is 6. The Morgan fingerprint density at radius 3 is 2.81 bits per heavy atom. The van der Waals surface area contributed by atoms with E-state index in [1.807, 2.05) is 24.3 Å². The van der Waals surface area contributed by atoms with Gasteiger partial charge in [0.2, 0.25) is 0 Å². The molecule has 2 N–H and O–H groups in total. The van der Waals surface area contributed by atoms with Crippen LogP contribution in [0.5, 0.6) is 0 Å². The summed E-state index contributed by atoms with van der Waals surface area (Å²) < 4.78 is 5.88. The average Bonchev–Trinajstić information content (AvgIpc) is 3.35. The predicted molar refractivity (Wildman–Crippen MR) is 106 cm³/mol. The molecule has 138 valence electrons. The highest BCUT2D eigenvalue weighted by molar-refractivity contribution is 7.09. The summed E-state index contributed by atoms with van der Waals surface area (Å²) in [6.45, 7) is 2.98. The maximum Gasteiger partial charge on any atom is 0.298 e. The Balaban J connectivity index is 1.26. The number of oxazole rings is 1. The predicted octanol–water partition coefficient (Wildman–Crippen LogP) is 3.30. The molecule has 1 aliphatic heterocycles. The second-order valence-electron chi connectivity index (χ2n) is 6.97. The fourth-order valence-corrected chi connectivity index (χ4v) is 4.34. The van der Waals surface area contributed by atoms with E-state index < -0.39 is 0 Å². The van der Waals surface area contributed by atoms with E-state index in [2.05, 4.69) is 32.7 Å². The minimum absolute atomic E-state index is 0.229. The lowest BCUT2D eigenvalue weighted by Gasteiger charge is -2.32. The third-order valence-electron chi connectivity index (χ3n) is 5.07. The SMILES string of the molecule is OC[C@@H](CNC1CCN(c2nc3ccccc3o2)CC1)Cc1cccs1. The Bertz CT molecular complexity index is 776. The Morgan fingerprint density at radius 2 is 2.08 bits per heavy atom. The zero-order valence-corrected chi connectivity index (χ0v) is 15.6. The number of benzene rings is 1. The Kier molecular flexibility index (Phi) is 5.53. The third kappa shape index (κ3) is 4.09. The smallest absolute Gasteiger partial charge is 0.298 e. The van der Waals surface area contributed by atoms with Gasteiger partial charge in [-0.3, -0.25) is 0 Å². The van der Waals surface area contributed by atoms with Crippen LogP contribution < -0.4 is 10.2 Å². The molecule has 0 unspecified atom stereocenters. The lowest BCUT2D eigenvalue weighted by atomic mass is 10.0. The van der Waals surface area contributed by atoms with Crippen molar-refractivity contribution >= 4 is 28.5 Å². The highest BCUT2D eigenvalue weighted by Gasteiger charge is 2.23. The summed E-state index contributed by atoms with van der Waals surface area (Å²) in [5, 5.41) is 15.4. The van der Waals surface area contributed by atoms with Gasteiger partial charge in [0.1, 0.15) is 5.52 Å². The second kappa shape index (κ2) is 8.20. The van der Waals surface area contributed by atoms with Crippen LogP contribution in [-0.4, -0.2) is 42.4 Å². The first-order chi connectivity index (χ1) is 12.8. The highest BCUT2D eigenvalue weighted by Crippen LogP contribution is 2.24. The van der Waals surface area contributed by atoms with Crippen LogP contribution in [-0.2, 0) is 6.42 Å². The van der Waals surface area contributed by atoms with Crippen molar-refractivity contribution < 1.29 is 9.52 Å². The summed E-state index contributed by atoms with van der Waals surface area (Å²) in [4.78, 5) is 8.17. The minimum Gasteiger partial charge on any atom is -0.423 e. The molecule has 0 radical (unpaired) electrons. The van der Waals surface area contributed by atoms with Gasteiger partial charge in [-0.25, -0.2) is 0 Å². The molecule has 1 aliphatic rings. The van der Waals surface area contributed by atoms with E-state index in [1.165, 1.54) is 4.88 Å². The number of hydrogen-bond donors (Lipinski definition) is 2. The Morgan fingerprint density at radius 1 is 1.23 bits per heavy atom. The van der Waals surface area contributed by atoms with E-state index in [9.17, 15) is 5.11 Å². The number of aromatic nitrogens is 1. The molecule has 5 nitrogen and oxygen atoms in total. The standard InChI is InChI=1S/C20H25N3O2S/c24-14-15(12-17-4-3-11-26-17)13-21-16-7-9-23(10-8-16)20-22-18-5-1-2-6-19(18)25-20/h1-6,11,15-16,21,24H,7-10,12-14H2/t15-/m1/s1. The van der Waals surface area contributed by atoms with Crippen LogP contribution in [0.25, 0.3) is 11.1 Å². The Hall–Kier alpha value is -1.89. The lowest BCUT2D eigenvalue weighted by molar-refractivity contribution is 0.215. The van der Waals surface area contributed by atoms with Gasteiger partial charge in [0.25, 0.3) is 6.01 Å². The molecule has 3 heterocycles. The number of fused-ring (bicyclic) bond motifs is 1. The maximum absolute atomic E-state index is 9.65. The number of piperidine rings is 1. The van der Waals surface area contributed by atoms with E-state index in [-0.39, 0.29) is 12.5 Å². The van der Waals surface area contributed by atoms with Crippen LogP contribution >= 0.6 is 11.3 Å². The molecule has 1 saturated heterocycles. The topological polar surface area (TPSA) is 61.5 Å². The molecular weight excluding hydrogens is 346 g/mol. The second-order valence-corrected chi connectivity index (χ2v) is 8.00. The molecule has 1 atom stereocenters. The van der Waals surface area contributed by atoms with E-state index in [4.69, 9.17) is 4.42 Å². The summed E-state index contributed by atoms with van der Waals surface area (Å²) >= 11 is 1.76.